The molecule has 3 rings (SSSR count). The van der Waals surface area contributed by atoms with Crippen molar-refractivity contribution < 1.29 is 9.59 Å². The molecule has 1 aliphatic rings. The molecule has 0 bridgehead atoms. The maximum atomic E-state index is 12.4. The number of hydrogen-bond donors (Lipinski definition) is 1. The summed E-state index contributed by atoms with van der Waals surface area (Å²) in [5, 5.41) is 2.90. The van der Waals surface area contributed by atoms with Gasteiger partial charge < -0.3 is 15.1 Å². The zero-order chi connectivity index (χ0) is 17.6. The van der Waals surface area contributed by atoms with Crippen molar-refractivity contribution in [3.05, 3.63) is 60.2 Å². The molecular formula is C20H23N3O2. The highest BCUT2D eigenvalue weighted by atomic mass is 16.2. The summed E-state index contributed by atoms with van der Waals surface area (Å²) in [5.74, 6) is 0.0278. The standard InChI is InChI=1S/C20H23N3O2/c1-22(18-7-3-2-4-8-18)19(24)15-16-9-11-17(12-10-16)21-20(25)23-13-5-6-14-23/h2-4,7-12H,5-6,13-15H2,1H3,(H,21,25). The first-order valence-electron chi connectivity index (χ1n) is 8.60. The molecule has 2 aromatic carbocycles. The summed E-state index contributed by atoms with van der Waals surface area (Å²) in [6, 6.07) is 17.0. The van der Waals surface area contributed by atoms with Crippen LogP contribution >= 0.6 is 0 Å². The van der Waals surface area contributed by atoms with Gasteiger partial charge in [-0.1, -0.05) is 30.3 Å². The number of urea groups is 1. The van der Waals surface area contributed by atoms with E-state index >= 15 is 0 Å². The van der Waals surface area contributed by atoms with Gasteiger partial charge in [-0.15, -0.1) is 0 Å². The Morgan fingerprint density at radius 3 is 2.28 bits per heavy atom. The third-order valence-corrected chi connectivity index (χ3v) is 4.47. The van der Waals surface area contributed by atoms with Gasteiger partial charge in [-0.2, -0.15) is 0 Å². The fourth-order valence-corrected chi connectivity index (χ4v) is 2.92. The van der Waals surface area contributed by atoms with Gasteiger partial charge in [-0.3, -0.25) is 4.79 Å². The summed E-state index contributed by atoms with van der Waals surface area (Å²) < 4.78 is 0. The molecule has 5 nitrogen and oxygen atoms in total. The summed E-state index contributed by atoms with van der Waals surface area (Å²) in [6.45, 7) is 1.65. The minimum Gasteiger partial charge on any atom is -0.325 e. The average molecular weight is 337 g/mol. The van der Waals surface area contributed by atoms with Crippen LogP contribution in [0.4, 0.5) is 16.2 Å². The normalized spacial score (nSPS) is 13.6. The maximum absolute atomic E-state index is 12.4. The van der Waals surface area contributed by atoms with E-state index in [9.17, 15) is 9.59 Å². The summed E-state index contributed by atoms with van der Waals surface area (Å²) >= 11 is 0. The lowest BCUT2D eigenvalue weighted by molar-refractivity contribution is -0.117. The summed E-state index contributed by atoms with van der Waals surface area (Å²) in [6.07, 6.45) is 2.47. The zero-order valence-electron chi connectivity index (χ0n) is 14.4. The molecule has 0 atom stereocenters. The molecule has 130 valence electrons. The van der Waals surface area contributed by atoms with Crippen molar-refractivity contribution in [3.63, 3.8) is 0 Å². The largest absolute Gasteiger partial charge is 0.325 e. The molecule has 25 heavy (non-hydrogen) atoms. The number of carbonyl (C=O) groups excluding carboxylic acids is 2. The van der Waals surface area contributed by atoms with Gasteiger partial charge >= 0.3 is 6.03 Å². The topological polar surface area (TPSA) is 52.7 Å². The Kier molecular flexibility index (Phi) is 5.33. The molecule has 0 unspecified atom stereocenters. The molecule has 0 spiro atoms. The zero-order valence-corrected chi connectivity index (χ0v) is 14.4. The molecule has 0 radical (unpaired) electrons. The van der Waals surface area contributed by atoms with Crippen molar-refractivity contribution in [1.29, 1.82) is 0 Å². The molecule has 0 aromatic heterocycles. The number of likely N-dealkylation sites (N-methyl/N-ethyl adjacent to an activating group) is 1. The lowest BCUT2D eigenvalue weighted by Crippen LogP contribution is -2.32. The Morgan fingerprint density at radius 1 is 1.00 bits per heavy atom. The van der Waals surface area contributed by atoms with Crippen molar-refractivity contribution in [1.82, 2.24) is 4.90 Å². The molecule has 5 heteroatoms. The maximum Gasteiger partial charge on any atom is 0.321 e. The van der Waals surface area contributed by atoms with Gasteiger partial charge in [0.15, 0.2) is 0 Å². The number of likely N-dealkylation sites (tertiary alicyclic amines) is 1. The number of carbonyl (C=O) groups is 2. The second-order valence-corrected chi connectivity index (χ2v) is 6.29. The smallest absolute Gasteiger partial charge is 0.321 e. The van der Waals surface area contributed by atoms with Crippen LogP contribution in [0, 0.1) is 0 Å². The van der Waals surface area contributed by atoms with Gasteiger partial charge in [-0.05, 0) is 42.7 Å². The summed E-state index contributed by atoms with van der Waals surface area (Å²) in [4.78, 5) is 28.0. The van der Waals surface area contributed by atoms with E-state index in [1.807, 2.05) is 59.5 Å². The minimum absolute atomic E-state index is 0.0278. The number of amides is 3. The SMILES string of the molecule is CN(C(=O)Cc1ccc(NC(=O)N2CCCC2)cc1)c1ccccc1. The fraction of sp³-hybridized carbons (Fsp3) is 0.300. The molecule has 1 fully saturated rings. The van der Waals surface area contributed by atoms with Crippen LogP contribution in [0.25, 0.3) is 0 Å². The van der Waals surface area contributed by atoms with E-state index in [4.69, 9.17) is 0 Å². The van der Waals surface area contributed by atoms with Crippen LogP contribution in [0.1, 0.15) is 18.4 Å². The lowest BCUT2D eigenvalue weighted by Gasteiger charge is -2.18. The first kappa shape index (κ1) is 17.0. The van der Waals surface area contributed by atoms with E-state index in [1.165, 1.54) is 0 Å². The highest BCUT2D eigenvalue weighted by Gasteiger charge is 2.17. The first-order chi connectivity index (χ1) is 12.1. The van der Waals surface area contributed by atoms with Crippen molar-refractivity contribution in [2.45, 2.75) is 19.3 Å². The van der Waals surface area contributed by atoms with Gasteiger partial charge in [0.2, 0.25) is 5.91 Å². The Bertz CT molecular complexity index is 722. The van der Waals surface area contributed by atoms with Gasteiger partial charge in [-0.25, -0.2) is 4.79 Å². The van der Waals surface area contributed by atoms with Crippen LogP contribution < -0.4 is 10.2 Å². The number of nitrogens with zero attached hydrogens (tertiary/aromatic N) is 2. The van der Waals surface area contributed by atoms with Crippen molar-refractivity contribution >= 4 is 23.3 Å². The molecule has 1 N–H and O–H groups in total. The molecule has 2 aromatic rings. The third-order valence-electron chi connectivity index (χ3n) is 4.47. The van der Waals surface area contributed by atoms with E-state index < -0.39 is 0 Å². The van der Waals surface area contributed by atoms with Gasteiger partial charge in [0.05, 0.1) is 6.42 Å². The molecule has 1 heterocycles. The lowest BCUT2D eigenvalue weighted by atomic mass is 10.1. The van der Waals surface area contributed by atoms with Crippen molar-refractivity contribution in [3.8, 4) is 0 Å². The molecular weight excluding hydrogens is 314 g/mol. The van der Waals surface area contributed by atoms with Crippen LogP contribution in [-0.2, 0) is 11.2 Å². The highest BCUT2D eigenvalue weighted by Crippen LogP contribution is 2.16. The van der Waals surface area contributed by atoms with Crippen LogP contribution in [0.2, 0.25) is 0 Å². The van der Waals surface area contributed by atoms with Gasteiger partial charge in [0, 0.05) is 31.5 Å². The summed E-state index contributed by atoms with van der Waals surface area (Å²) in [5.41, 5.74) is 2.55. The Morgan fingerprint density at radius 2 is 1.64 bits per heavy atom. The number of hydrogen-bond acceptors (Lipinski definition) is 2. The molecule has 1 aliphatic heterocycles. The molecule has 0 aliphatic carbocycles. The number of rotatable bonds is 4. The third kappa shape index (κ3) is 4.38. The Balaban J connectivity index is 1.57. The second kappa shape index (κ2) is 7.83. The van der Waals surface area contributed by atoms with Crippen molar-refractivity contribution in [2.75, 3.05) is 30.4 Å². The van der Waals surface area contributed by atoms with Crippen LogP contribution in [0.5, 0.6) is 0 Å². The van der Waals surface area contributed by atoms with E-state index in [-0.39, 0.29) is 11.9 Å². The fourth-order valence-electron chi connectivity index (χ4n) is 2.92. The quantitative estimate of drug-likeness (QED) is 0.928. The van der Waals surface area contributed by atoms with E-state index in [2.05, 4.69) is 5.32 Å². The van der Waals surface area contributed by atoms with Crippen LogP contribution in [0.15, 0.2) is 54.6 Å². The number of nitrogens with one attached hydrogen (secondary N) is 1. The minimum atomic E-state index is -0.0508. The Hall–Kier alpha value is -2.82. The molecule has 0 saturated carbocycles. The van der Waals surface area contributed by atoms with Crippen LogP contribution in [-0.4, -0.2) is 37.0 Å². The predicted molar refractivity (Wildman–Crippen MR) is 99.8 cm³/mol. The number of para-hydroxylation sites is 1. The molecule has 1 saturated heterocycles. The van der Waals surface area contributed by atoms with Gasteiger partial charge in [0.25, 0.3) is 0 Å². The average Bonchev–Trinajstić information content (AvgIpc) is 3.18. The number of benzene rings is 2. The highest BCUT2D eigenvalue weighted by molar-refractivity contribution is 5.94. The second-order valence-electron chi connectivity index (χ2n) is 6.29. The monoisotopic (exact) mass is 337 g/mol. The van der Waals surface area contributed by atoms with E-state index in [0.29, 0.717) is 6.42 Å². The van der Waals surface area contributed by atoms with Crippen molar-refractivity contribution in [2.24, 2.45) is 0 Å². The molecule has 3 amide bonds. The predicted octanol–water partition coefficient (Wildman–Crippen LogP) is 3.52. The Labute approximate surface area is 148 Å². The first-order valence-corrected chi connectivity index (χ1v) is 8.60. The summed E-state index contributed by atoms with van der Waals surface area (Å²) in [7, 11) is 1.78. The van der Waals surface area contributed by atoms with E-state index in [1.54, 1.807) is 11.9 Å². The van der Waals surface area contributed by atoms with Crippen LogP contribution in [0.3, 0.4) is 0 Å². The van der Waals surface area contributed by atoms with E-state index in [0.717, 1.165) is 42.9 Å². The van der Waals surface area contributed by atoms with Gasteiger partial charge in [0.1, 0.15) is 0 Å². The number of anilines is 2.